The van der Waals surface area contributed by atoms with E-state index in [0.29, 0.717) is 12.0 Å². The maximum Gasteiger partial charge on any atom is 0.254 e. The van der Waals surface area contributed by atoms with E-state index in [4.69, 9.17) is 0 Å². The van der Waals surface area contributed by atoms with Crippen molar-refractivity contribution in [3.63, 3.8) is 0 Å². The van der Waals surface area contributed by atoms with Gasteiger partial charge in [-0.05, 0) is 63.2 Å². The Morgan fingerprint density at radius 1 is 1.20 bits per heavy atom. The number of hydrogen-bond acceptors (Lipinski definition) is 2. The predicted molar refractivity (Wildman–Crippen MR) is 80.8 cm³/mol. The Morgan fingerprint density at radius 3 is 2.55 bits per heavy atom. The van der Waals surface area contributed by atoms with E-state index in [1.165, 1.54) is 25.7 Å². The minimum Gasteiger partial charge on any atom is -0.335 e. The molecule has 1 aliphatic heterocycles. The van der Waals surface area contributed by atoms with Crippen LogP contribution in [0.2, 0.25) is 0 Å². The monoisotopic (exact) mass is 272 g/mol. The average Bonchev–Trinajstić information content (AvgIpc) is 3.30. The van der Waals surface area contributed by atoms with E-state index in [2.05, 4.69) is 10.2 Å². The topological polar surface area (TPSA) is 32.3 Å². The lowest BCUT2D eigenvalue weighted by Gasteiger charge is -2.30. The van der Waals surface area contributed by atoms with E-state index < -0.39 is 0 Å². The van der Waals surface area contributed by atoms with Gasteiger partial charge >= 0.3 is 0 Å². The molecule has 0 unspecified atom stereocenters. The summed E-state index contributed by atoms with van der Waals surface area (Å²) >= 11 is 0. The standard InChI is InChI=1S/C17H24N2O/c1-13-4-2-3-5-16(13)17(20)19(15-6-7-15)12-14-8-10-18-11-9-14/h2-5,14-15,18H,6-12H2,1H3. The molecule has 1 aromatic carbocycles. The molecule has 1 saturated carbocycles. The molecule has 108 valence electrons. The van der Waals surface area contributed by atoms with Gasteiger partial charge in [-0.25, -0.2) is 0 Å². The van der Waals surface area contributed by atoms with Crippen LogP contribution in [-0.2, 0) is 0 Å². The number of rotatable bonds is 4. The SMILES string of the molecule is Cc1ccccc1C(=O)N(CC1CCNCC1)C1CC1. The van der Waals surface area contributed by atoms with Crippen LogP contribution in [0.25, 0.3) is 0 Å². The van der Waals surface area contributed by atoms with Gasteiger partial charge in [-0.3, -0.25) is 4.79 Å². The second-order valence-electron chi connectivity index (χ2n) is 6.20. The summed E-state index contributed by atoms with van der Waals surface area (Å²) in [7, 11) is 0. The van der Waals surface area contributed by atoms with E-state index in [9.17, 15) is 4.79 Å². The third-order valence-electron chi connectivity index (χ3n) is 4.54. The van der Waals surface area contributed by atoms with Gasteiger partial charge in [-0.2, -0.15) is 0 Å². The summed E-state index contributed by atoms with van der Waals surface area (Å²) < 4.78 is 0. The molecule has 1 N–H and O–H groups in total. The molecule has 2 aliphatic rings. The van der Waals surface area contributed by atoms with Crippen molar-refractivity contribution in [3.05, 3.63) is 35.4 Å². The van der Waals surface area contributed by atoms with Crippen LogP contribution in [-0.4, -0.2) is 36.5 Å². The van der Waals surface area contributed by atoms with Crippen molar-refractivity contribution in [2.45, 2.75) is 38.6 Å². The molecule has 1 heterocycles. The van der Waals surface area contributed by atoms with Gasteiger partial charge in [-0.1, -0.05) is 18.2 Å². The first-order valence-corrected chi connectivity index (χ1v) is 7.83. The minimum atomic E-state index is 0.240. The third kappa shape index (κ3) is 3.04. The third-order valence-corrected chi connectivity index (χ3v) is 4.54. The number of amides is 1. The van der Waals surface area contributed by atoms with Crippen molar-refractivity contribution in [1.29, 1.82) is 0 Å². The van der Waals surface area contributed by atoms with E-state index in [1.807, 2.05) is 31.2 Å². The molecule has 2 fully saturated rings. The molecule has 1 saturated heterocycles. The predicted octanol–water partition coefficient (Wildman–Crippen LogP) is 2.60. The molecule has 0 bridgehead atoms. The Hall–Kier alpha value is -1.35. The molecule has 0 aromatic heterocycles. The molecule has 0 radical (unpaired) electrons. The molecule has 1 aliphatic carbocycles. The molecule has 1 amide bonds. The number of aryl methyl sites for hydroxylation is 1. The Balaban J connectivity index is 1.73. The first-order valence-electron chi connectivity index (χ1n) is 7.83. The van der Waals surface area contributed by atoms with Gasteiger partial charge < -0.3 is 10.2 Å². The van der Waals surface area contributed by atoms with Crippen molar-refractivity contribution >= 4 is 5.91 Å². The summed E-state index contributed by atoms with van der Waals surface area (Å²) in [4.78, 5) is 15.0. The number of hydrogen-bond donors (Lipinski definition) is 1. The van der Waals surface area contributed by atoms with Crippen LogP contribution in [0.3, 0.4) is 0 Å². The maximum absolute atomic E-state index is 12.8. The second-order valence-corrected chi connectivity index (χ2v) is 6.20. The molecular formula is C17H24N2O. The van der Waals surface area contributed by atoms with Crippen molar-refractivity contribution in [2.24, 2.45) is 5.92 Å². The van der Waals surface area contributed by atoms with Gasteiger partial charge in [0.15, 0.2) is 0 Å². The van der Waals surface area contributed by atoms with Gasteiger partial charge in [0, 0.05) is 18.2 Å². The maximum atomic E-state index is 12.8. The fraction of sp³-hybridized carbons (Fsp3) is 0.588. The van der Waals surface area contributed by atoms with E-state index in [-0.39, 0.29) is 5.91 Å². The van der Waals surface area contributed by atoms with E-state index in [1.54, 1.807) is 0 Å². The van der Waals surface area contributed by atoms with Gasteiger partial charge in [0.05, 0.1) is 0 Å². The zero-order valence-corrected chi connectivity index (χ0v) is 12.3. The zero-order chi connectivity index (χ0) is 13.9. The van der Waals surface area contributed by atoms with Crippen molar-refractivity contribution in [3.8, 4) is 0 Å². The van der Waals surface area contributed by atoms with Crippen molar-refractivity contribution < 1.29 is 4.79 Å². The molecule has 1 aromatic rings. The van der Waals surface area contributed by atoms with Crippen LogP contribution in [0.4, 0.5) is 0 Å². The lowest BCUT2D eigenvalue weighted by atomic mass is 9.97. The first-order chi connectivity index (χ1) is 9.75. The Labute approximate surface area is 121 Å². The molecule has 0 atom stereocenters. The number of benzene rings is 1. The highest BCUT2D eigenvalue weighted by molar-refractivity contribution is 5.96. The van der Waals surface area contributed by atoms with Crippen LogP contribution < -0.4 is 5.32 Å². The lowest BCUT2D eigenvalue weighted by Crippen LogP contribution is -2.40. The highest BCUT2D eigenvalue weighted by atomic mass is 16.2. The number of carbonyl (C=O) groups is 1. The molecule has 3 nitrogen and oxygen atoms in total. The normalized spacial score (nSPS) is 19.9. The lowest BCUT2D eigenvalue weighted by molar-refractivity contribution is 0.0701. The highest BCUT2D eigenvalue weighted by Crippen LogP contribution is 2.30. The second kappa shape index (κ2) is 5.96. The van der Waals surface area contributed by atoms with Crippen molar-refractivity contribution in [2.75, 3.05) is 19.6 Å². The summed E-state index contributed by atoms with van der Waals surface area (Å²) in [5.41, 5.74) is 1.97. The Bertz CT molecular complexity index is 476. The number of piperidine rings is 1. The Kier molecular flexibility index (Phi) is 4.06. The minimum absolute atomic E-state index is 0.240. The molecular weight excluding hydrogens is 248 g/mol. The zero-order valence-electron chi connectivity index (χ0n) is 12.3. The van der Waals surface area contributed by atoms with Crippen LogP contribution >= 0.6 is 0 Å². The Morgan fingerprint density at radius 2 is 1.90 bits per heavy atom. The van der Waals surface area contributed by atoms with Gasteiger partial charge in [0.25, 0.3) is 5.91 Å². The molecule has 3 heteroatoms. The van der Waals surface area contributed by atoms with Gasteiger partial charge in [0.1, 0.15) is 0 Å². The number of carbonyl (C=O) groups excluding carboxylic acids is 1. The van der Waals surface area contributed by atoms with Gasteiger partial charge in [0.2, 0.25) is 0 Å². The largest absolute Gasteiger partial charge is 0.335 e. The van der Waals surface area contributed by atoms with E-state index >= 15 is 0 Å². The van der Waals surface area contributed by atoms with Crippen LogP contribution in [0.5, 0.6) is 0 Å². The summed E-state index contributed by atoms with van der Waals surface area (Å²) in [5.74, 6) is 0.911. The van der Waals surface area contributed by atoms with E-state index in [0.717, 1.165) is 30.8 Å². The quantitative estimate of drug-likeness (QED) is 0.913. The van der Waals surface area contributed by atoms with Gasteiger partial charge in [-0.15, -0.1) is 0 Å². The van der Waals surface area contributed by atoms with Crippen LogP contribution in [0.15, 0.2) is 24.3 Å². The van der Waals surface area contributed by atoms with Crippen LogP contribution in [0.1, 0.15) is 41.6 Å². The van der Waals surface area contributed by atoms with Crippen molar-refractivity contribution in [1.82, 2.24) is 10.2 Å². The van der Waals surface area contributed by atoms with Crippen LogP contribution in [0, 0.1) is 12.8 Å². The summed E-state index contributed by atoms with van der Waals surface area (Å²) in [6.07, 6.45) is 4.76. The first kappa shape index (κ1) is 13.6. The molecule has 3 rings (SSSR count). The fourth-order valence-electron chi connectivity index (χ4n) is 3.09. The number of nitrogens with zero attached hydrogens (tertiary/aromatic N) is 1. The smallest absolute Gasteiger partial charge is 0.254 e. The molecule has 0 spiro atoms. The average molecular weight is 272 g/mol. The number of nitrogens with one attached hydrogen (secondary N) is 1. The highest BCUT2D eigenvalue weighted by Gasteiger charge is 2.34. The summed E-state index contributed by atoms with van der Waals surface area (Å²) in [6.45, 7) is 5.17. The molecule has 20 heavy (non-hydrogen) atoms. The summed E-state index contributed by atoms with van der Waals surface area (Å²) in [5, 5.41) is 3.40. The summed E-state index contributed by atoms with van der Waals surface area (Å²) in [6, 6.07) is 8.46. The fourth-order valence-corrected chi connectivity index (χ4v) is 3.09.